The summed E-state index contributed by atoms with van der Waals surface area (Å²) in [5.41, 5.74) is 2.37. The first-order valence-electron chi connectivity index (χ1n) is 4.87. The molecule has 0 aliphatic heterocycles. The fourth-order valence-corrected chi connectivity index (χ4v) is 1.79. The maximum atomic E-state index is 3.41. The molecule has 0 aliphatic rings. The van der Waals surface area contributed by atoms with Crippen LogP contribution in [0.1, 0.15) is 0 Å². The fourth-order valence-electron chi connectivity index (χ4n) is 1.79. The maximum Gasteiger partial charge on any atom is 0.211 e. The molecule has 3 aromatic rings. The van der Waals surface area contributed by atoms with Crippen molar-refractivity contribution in [3.8, 4) is 0 Å². The van der Waals surface area contributed by atoms with Gasteiger partial charge in [-0.15, -0.1) is 0 Å². The lowest BCUT2D eigenvalue weighted by molar-refractivity contribution is -0.310. The van der Waals surface area contributed by atoms with E-state index in [4.69, 9.17) is 0 Å². The zero-order valence-electron chi connectivity index (χ0n) is 8.83. The van der Waals surface area contributed by atoms with Crippen LogP contribution in [-0.2, 0) is 0 Å². The fraction of sp³-hybridized carbons (Fsp3) is 0. The Balaban J connectivity index is 0.000000459. The van der Waals surface area contributed by atoms with E-state index in [0.29, 0.717) is 0 Å². The number of nitrogens with one attached hydrogen (secondary N) is 1. The molecule has 0 atom stereocenters. The van der Waals surface area contributed by atoms with Crippen molar-refractivity contribution in [2.24, 2.45) is 0 Å². The van der Waals surface area contributed by atoms with E-state index in [1.54, 1.807) is 0 Å². The molecule has 0 saturated carbocycles. The topological polar surface area (TPSA) is 14.1 Å². The third-order valence-electron chi connectivity index (χ3n) is 2.50. The molecular weight excluding hydrogens is 459 g/mol. The number of hydrogen-bond donors (Lipinski definition) is 0. The summed E-state index contributed by atoms with van der Waals surface area (Å²) in [5.74, 6) is 0. The number of fused-ring (bicyclic) bond motifs is 2. The standard InChI is InChI=1S/C13H9N.ClH.I2/c1-3-7-12-10(5-1)9-11-6-2-4-8-13(11)14-12;;1-2/h1-9H;1H;. The molecular formula is C13H10ClI2N. The summed E-state index contributed by atoms with van der Waals surface area (Å²) in [4.78, 5) is 3.41. The van der Waals surface area contributed by atoms with Crippen molar-refractivity contribution in [2.75, 3.05) is 0 Å². The molecule has 0 saturated heterocycles. The highest BCUT2D eigenvalue weighted by Gasteiger charge is 2.02. The third-order valence-corrected chi connectivity index (χ3v) is 2.50. The van der Waals surface area contributed by atoms with Gasteiger partial charge in [-0.25, -0.2) is 4.98 Å². The summed E-state index contributed by atoms with van der Waals surface area (Å²) in [6, 6.07) is 18.9. The Kier molecular flexibility index (Phi) is 6.43. The number of aromatic nitrogens is 1. The van der Waals surface area contributed by atoms with E-state index >= 15 is 0 Å². The van der Waals surface area contributed by atoms with Gasteiger partial charge in [-0.05, 0) is 18.2 Å². The van der Waals surface area contributed by atoms with Crippen LogP contribution in [0.25, 0.3) is 21.8 Å². The van der Waals surface area contributed by atoms with Crippen molar-refractivity contribution < 1.29 is 17.4 Å². The second-order valence-corrected chi connectivity index (χ2v) is 3.44. The van der Waals surface area contributed by atoms with Crippen LogP contribution in [0.5, 0.6) is 0 Å². The molecule has 0 unspecified atom stereocenters. The monoisotopic (exact) mass is 469 g/mol. The Morgan fingerprint density at radius 3 is 1.59 bits per heavy atom. The normalized spacial score (nSPS) is 9.29. The van der Waals surface area contributed by atoms with Crippen molar-refractivity contribution in [1.82, 2.24) is 0 Å². The average molecular weight is 469 g/mol. The number of para-hydroxylation sites is 2. The predicted molar refractivity (Wildman–Crippen MR) is 86.0 cm³/mol. The summed E-state index contributed by atoms with van der Waals surface area (Å²) in [5, 5.41) is 2.51. The van der Waals surface area contributed by atoms with Gasteiger partial charge in [0.2, 0.25) is 11.0 Å². The molecule has 1 aromatic heterocycles. The van der Waals surface area contributed by atoms with E-state index in [1.807, 2.05) is 12.1 Å². The van der Waals surface area contributed by atoms with E-state index in [2.05, 4.69) is 84.7 Å². The third kappa shape index (κ3) is 3.42. The lowest BCUT2D eigenvalue weighted by Crippen LogP contribution is -3.00. The van der Waals surface area contributed by atoms with Gasteiger partial charge in [-0.2, -0.15) is 0 Å². The summed E-state index contributed by atoms with van der Waals surface area (Å²) in [7, 11) is 0. The minimum absolute atomic E-state index is 0. The summed E-state index contributed by atoms with van der Waals surface area (Å²) in [6.45, 7) is 0. The predicted octanol–water partition coefficient (Wildman–Crippen LogP) is 1.58. The quantitative estimate of drug-likeness (QED) is 0.351. The second-order valence-electron chi connectivity index (χ2n) is 3.44. The van der Waals surface area contributed by atoms with Gasteiger partial charge in [0.15, 0.2) is 0 Å². The minimum Gasteiger partial charge on any atom is -1.00 e. The van der Waals surface area contributed by atoms with Crippen LogP contribution in [-0.4, -0.2) is 0 Å². The van der Waals surface area contributed by atoms with Gasteiger partial charge in [-0.3, -0.25) is 0 Å². The zero-order chi connectivity index (χ0) is 11.4. The lowest BCUT2D eigenvalue weighted by Gasteiger charge is -1.94. The Morgan fingerprint density at radius 2 is 1.12 bits per heavy atom. The summed E-state index contributed by atoms with van der Waals surface area (Å²) >= 11 is 4.24. The molecule has 1 nitrogen and oxygen atoms in total. The molecule has 4 heteroatoms. The molecule has 0 radical (unpaired) electrons. The Labute approximate surface area is 130 Å². The van der Waals surface area contributed by atoms with Crippen molar-refractivity contribution >= 4 is 59.0 Å². The average Bonchev–Trinajstić information content (AvgIpc) is 2.38. The molecule has 2 aromatic carbocycles. The minimum atomic E-state index is 0. The Bertz CT molecular complexity index is 508. The van der Waals surface area contributed by atoms with Crippen LogP contribution in [0.4, 0.5) is 0 Å². The summed E-state index contributed by atoms with van der Waals surface area (Å²) in [6.07, 6.45) is 0. The van der Waals surface area contributed by atoms with Crippen LogP contribution in [0.2, 0.25) is 0 Å². The molecule has 3 rings (SSSR count). The van der Waals surface area contributed by atoms with Crippen LogP contribution in [0.3, 0.4) is 0 Å². The molecule has 0 spiro atoms. The largest absolute Gasteiger partial charge is 1.00 e. The number of pyridine rings is 1. The number of halogens is 3. The number of hydrogen-bond acceptors (Lipinski definition) is 0. The highest BCUT2D eigenvalue weighted by Crippen LogP contribution is 2.15. The van der Waals surface area contributed by atoms with E-state index < -0.39 is 0 Å². The SMILES string of the molecule is II.[Cl-].c1ccc2[nH+]c3ccccc3cc2c1. The van der Waals surface area contributed by atoms with Gasteiger partial charge >= 0.3 is 0 Å². The van der Waals surface area contributed by atoms with Crippen molar-refractivity contribution in [3.63, 3.8) is 0 Å². The number of rotatable bonds is 0. The molecule has 17 heavy (non-hydrogen) atoms. The highest BCUT2D eigenvalue weighted by molar-refractivity contribution is 15.0. The first-order valence-corrected chi connectivity index (χ1v) is 11.2. The lowest BCUT2D eigenvalue weighted by atomic mass is 10.1. The second kappa shape index (κ2) is 7.33. The maximum absolute atomic E-state index is 3.41. The van der Waals surface area contributed by atoms with Gasteiger partial charge in [0.1, 0.15) is 0 Å². The molecule has 0 fully saturated rings. The smallest absolute Gasteiger partial charge is 0.211 e. The van der Waals surface area contributed by atoms with Gasteiger partial charge in [0.05, 0.1) is 0 Å². The van der Waals surface area contributed by atoms with Gasteiger partial charge in [-0.1, -0.05) is 24.3 Å². The number of benzene rings is 2. The van der Waals surface area contributed by atoms with Crippen molar-refractivity contribution in [3.05, 3.63) is 54.6 Å². The van der Waals surface area contributed by atoms with Gasteiger partial charge < -0.3 is 12.4 Å². The van der Waals surface area contributed by atoms with Crippen LogP contribution in [0, 0.1) is 0 Å². The van der Waals surface area contributed by atoms with Crippen molar-refractivity contribution in [2.45, 2.75) is 0 Å². The van der Waals surface area contributed by atoms with E-state index in [0.717, 1.165) is 0 Å². The molecule has 88 valence electrons. The molecule has 0 amide bonds. The van der Waals surface area contributed by atoms with E-state index in [9.17, 15) is 0 Å². The first kappa shape index (κ1) is 14.9. The number of aromatic amines is 1. The van der Waals surface area contributed by atoms with Gasteiger partial charge in [0.25, 0.3) is 0 Å². The number of H-pyrrole nitrogens is 1. The van der Waals surface area contributed by atoms with E-state index in [-0.39, 0.29) is 12.4 Å². The summed E-state index contributed by atoms with van der Waals surface area (Å²) < 4.78 is 0. The first-order chi connectivity index (χ1) is 7.93. The molecule has 1 heterocycles. The van der Waals surface area contributed by atoms with Gasteiger partial charge in [0, 0.05) is 60.1 Å². The highest BCUT2D eigenvalue weighted by atomic mass is 128. The van der Waals surface area contributed by atoms with Crippen LogP contribution < -0.4 is 17.4 Å². The zero-order valence-corrected chi connectivity index (χ0v) is 13.9. The van der Waals surface area contributed by atoms with Crippen molar-refractivity contribution in [1.29, 1.82) is 0 Å². The molecule has 1 N–H and O–H groups in total. The van der Waals surface area contributed by atoms with E-state index in [1.165, 1.54) is 21.8 Å². The Morgan fingerprint density at radius 1 is 0.706 bits per heavy atom. The van der Waals surface area contributed by atoms with Crippen LogP contribution in [0.15, 0.2) is 54.6 Å². The van der Waals surface area contributed by atoms with Crippen LogP contribution >= 0.6 is 37.2 Å². The Hall–Kier alpha value is -0.140. The molecule has 0 aliphatic carbocycles. The molecule has 0 bridgehead atoms.